The Hall–Kier alpha value is -1.56. The van der Waals surface area contributed by atoms with Crippen molar-refractivity contribution in [1.29, 1.82) is 0 Å². The highest BCUT2D eigenvalue weighted by molar-refractivity contribution is 7.91. The first-order chi connectivity index (χ1) is 11.0. The number of nitrogens with two attached hydrogens (primary N) is 1. The van der Waals surface area contributed by atoms with Crippen molar-refractivity contribution in [2.45, 2.75) is 18.6 Å². The lowest BCUT2D eigenvalue weighted by atomic mass is 10.1. The molecule has 0 aliphatic carbocycles. The van der Waals surface area contributed by atoms with Crippen LogP contribution in [-0.2, 0) is 16.4 Å². The summed E-state index contributed by atoms with van der Waals surface area (Å²) in [7, 11) is -3.00. The maximum atomic E-state index is 12.0. The van der Waals surface area contributed by atoms with E-state index in [0.29, 0.717) is 5.02 Å². The number of quaternary nitrogens is 1. The Bertz CT molecular complexity index is 748. The Morgan fingerprint density at radius 3 is 2.43 bits per heavy atom. The molecule has 2 atom stereocenters. The number of anilines is 1. The zero-order valence-corrected chi connectivity index (χ0v) is 14.2. The molecule has 2 aromatic carbocycles. The van der Waals surface area contributed by atoms with E-state index in [1.807, 2.05) is 30.3 Å². The second kappa shape index (κ2) is 6.91. The third-order valence-electron chi connectivity index (χ3n) is 4.09. The van der Waals surface area contributed by atoms with Crippen LogP contribution in [0.4, 0.5) is 5.69 Å². The zero-order valence-electron chi connectivity index (χ0n) is 12.7. The van der Waals surface area contributed by atoms with Crippen molar-refractivity contribution in [3.05, 3.63) is 65.2 Å². The molecule has 3 N–H and O–H groups in total. The van der Waals surface area contributed by atoms with Gasteiger partial charge >= 0.3 is 0 Å². The Labute approximate surface area is 141 Å². The van der Waals surface area contributed by atoms with Crippen molar-refractivity contribution >= 4 is 27.1 Å². The van der Waals surface area contributed by atoms with Gasteiger partial charge in [0, 0.05) is 16.3 Å². The SMILES string of the molecule is O=S1(=O)C[C@H](Nc2ccc(Cl)cc2)[C@@H]([NH2+]Cc2ccccc2)C1. The number of benzene rings is 2. The molecule has 6 heteroatoms. The first kappa shape index (κ1) is 16.3. The number of hydrogen-bond donors (Lipinski definition) is 2. The molecule has 0 aromatic heterocycles. The zero-order chi connectivity index (χ0) is 16.3. The van der Waals surface area contributed by atoms with Crippen LogP contribution in [0.25, 0.3) is 0 Å². The molecule has 0 radical (unpaired) electrons. The molecular formula is C17H20ClN2O2S+. The lowest BCUT2D eigenvalue weighted by molar-refractivity contribution is -0.700. The lowest BCUT2D eigenvalue weighted by Gasteiger charge is -2.19. The van der Waals surface area contributed by atoms with Gasteiger partial charge in [-0.25, -0.2) is 8.42 Å². The molecule has 0 unspecified atom stereocenters. The second-order valence-corrected chi connectivity index (χ2v) is 8.51. The lowest BCUT2D eigenvalue weighted by Crippen LogP contribution is -2.91. The molecular weight excluding hydrogens is 332 g/mol. The number of hydrogen-bond acceptors (Lipinski definition) is 3. The maximum absolute atomic E-state index is 12.0. The molecule has 4 nitrogen and oxygen atoms in total. The Balaban J connectivity index is 1.68. The number of nitrogens with one attached hydrogen (secondary N) is 1. The molecule has 1 aliphatic heterocycles. The minimum Gasteiger partial charge on any atom is -0.376 e. The van der Waals surface area contributed by atoms with E-state index in [4.69, 9.17) is 11.6 Å². The fourth-order valence-electron chi connectivity index (χ4n) is 2.92. The van der Waals surface area contributed by atoms with Gasteiger partial charge in [-0.1, -0.05) is 41.9 Å². The van der Waals surface area contributed by atoms with E-state index < -0.39 is 9.84 Å². The second-order valence-electron chi connectivity index (χ2n) is 5.92. The van der Waals surface area contributed by atoms with Crippen LogP contribution in [-0.4, -0.2) is 32.0 Å². The van der Waals surface area contributed by atoms with Crippen LogP contribution in [0.1, 0.15) is 5.56 Å². The molecule has 23 heavy (non-hydrogen) atoms. The van der Waals surface area contributed by atoms with Gasteiger partial charge in [0.05, 0.1) is 11.8 Å². The highest BCUT2D eigenvalue weighted by atomic mass is 35.5. The summed E-state index contributed by atoms with van der Waals surface area (Å²) in [6.07, 6.45) is 0. The molecule has 1 fully saturated rings. The van der Waals surface area contributed by atoms with Crippen LogP contribution in [0.5, 0.6) is 0 Å². The standard InChI is InChI=1S/C17H19ClN2O2S/c18-14-6-8-15(9-7-14)20-17-12-23(21,22)11-16(17)19-10-13-4-2-1-3-5-13/h1-9,16-17,19-20H,10-12H2/p+1/t16-,17-/m0/s1. The molecule has 0 bridgehead atoms. The first-order valence-electron chi connectivity index (χ1n) is 7.62. The summed E-state index contributed by atoms with van der Waals surface area (Å²) >= 11 is 5.89. The van der Waals surface area contributed by atoms with Crippen LogP contribution in [0.2, 0.25) is 5.02 Å². The summed E-state index contributed by atoms with van der Waals surface area (Å²) in [4.78, 5) is 0. The molecule has 3 rings (SSSR count). The van der Waals surface area contributed by atoms with Crippen molar-refractivity contribution in [2.75, 3.05) is 16.8 Å². The van der Waals surface area contributed by atoms with E-state index in [1.165, 1.54) is 5.56 Å². The highest BCUT2D eigenvalue weighted by Crippen LogP contribution is 2.18. The Morgan fingerprint density at radius 1 is 1.04 bits per heavy atom. The average Bonchev–Trinajstić information content (AvgIpc) is 2.82. The van der Waals surface area contributed by atoms with Crippen LogP contribution in [0.3, 0.4) is 0 Å². The van der Waals surface area contributed by atoms with Crippen LogP contribution >= 0.6 is 11.6 Å². The van der Waals surface area contributed by atoms with E-state index in [2.05, 4.69) is 22.8 Å². The van der Waals surface area contributed by atoms with Crippen molar-refractivity contribution in [1.82, 2.24) is 0 Å². The largest absolute Gasteiger partial charge is 0.376 e. The Kier molecular flexibility index (Phi) is 4.90. The fraction of sp³-hybridized carbons (Fsp3) is 0.294. The van der Waals surface area contributed by atoms with Gasteiger partial charge in [-0.2, -0.15) is 0 Å². The fourth-order valence-corrected chi connectivity index (χ4v) is 5.01. The van der Waals surface area contributed by atoms with E-state index in [-0.39, 0.29) is 23.6 Å². The third-order valence-corrected chi connectivity index (χ3v) is 6.10. The molecule has 1 aliphatic rings. The van der Waals surface area contributed by atoms with Gasteiger partial charge < -0.3 is 10.6 Å². The number of rotatable bonds is 5. The normalized spacial score (nSPS) is 22.8. The smallest absolute Gasteiger partial charge is 0.158 e. The summed E-state index contributed by atoms with van der Waals surface area (Å²) in [6, 6.07) is 17.4. The maximum Gasteiger partial charge on any atom is 0.158 e. The van der Waals surface area contributed by atoms with Gasteiger partial charge in [0.1, 0.15) is 18.3 Å². The van der Waals surface area contributed by atoms with Crippen molar-refractivity contribution < 1.29 is 13.7 Å². The van der Waals surface area contributed by atoms with Gasteiger partial charge in [-0.3, -0.25) is 0 Å². The monoisotopic (exact) mass is 351 g/mol. The minimum absolute atomic E-state index is 0.0101. The summed E-state index contributed by atoms with van der Waals surface area (Å²) in [6.45, 7) is 0.778. The van der Waals surface area contributed by atoms with Gasteiger partial charge in [-0.05, 0) is 24.3 Å². The Morgan fingerprint density at radius 2 is 1.74 bits per heavy atom. The van der Waals surface area contributed by atoms with Crippen LogP contribution in [0.15, 0.2) is 54.6 Å². The van der Waals surface area contributed by atoms with E-state index in [9.17, 15) is 8.42 Å². The molecule has 0 saturated carbocycles. The molecule has 2 aromatic rings. The van der Waals surface area contributed by atoms with Gasteiger partial charge in [0.25, 0.3) is 0 Å². The average molecular weight is 352 g/mol. The minimum atomic E-state index is -3.00. The van der Waals surface area contributed by atoms with E-state index in [1.54, 1.807) is 12.1 Å². The molecule has 0 spiro atoms. The van der Waals surface area contributed by atoms with Gasteiger partial charge in [0.2, 0.25) is 0 Å². The molecule has 1 saturated heterocycles. The van der Waals surface area contributed by atoms with Crippen molar-refractivity contribution in [3.63, 3.8) is 0 Å². The van der Waals surface area contributed by atoms with Crippen molar-refractivity contribution in [2.24, 2.45) is 0 Å². The summed E-state index contributed by atoms with van der Waals surface area (Å²) in [5.74, 6) is 0.386. The predicted molar refractivity (Wildman–Crippen MR) is 93.4 cm³/mol. The van der Waals surface area contributed by atoms with E-state index in [0.717, 1.165) is 12.2 Å². The first-order valence-corrected chi connectivity index (χ1v) is 9.81. The summed E-state index contributed by atoms with van der Waals surface area (Å²) < 4.78 is 24.1. The summed E-state index contributed by atoms with van der Waals surface area (Å²) in [5.41, 5.74) is 2.09. The molecule has 122 valence electrons. The van der Waals surface area contributed by atoms with E-state index >= 15 is 0 Å². The number of halogens is 1. The highest BCUT2D eigenvalue weighted by Gasteiger charge is 2.40. The number of sulfone groups is 1. The summed E-state index contributed by atoms with van der Waals surface area (Å²) in [5, 5.41) is 6.13. The van der Waals surface area contributed by atoms with Gasteiger partial charge in [0.15, 0.2) is 9.84 Å². The van der Waals surface area contributed by atoms with Gasteiger partial charge in [-0.15, -0.1) is 0 Å². The van der Waals surface area contributed by atoms with Crippen LogP contribution < -0.4 is 10.6 Å². The predicted octanol–water partition coefficient (Wildman–Crippen LogP) is 1.68. The van der Waals surface area contributed by atoms with Crippen LogP contribution in [0, 0.1) is 0 Å². The quantitative estimate of drug-likeness (QED) is 0.861. The topological polar surface area (TPSA) is 62.8 Å². The van der Waals surface area contributed by atoms with Crippen molar-refractivity contribution in [3.8, 4) is 0 Å². The molecule has 0 amide bonds. The third kappa shape index (κ3) is 4.47. The molecule has 1 heterocycles.